The van der Waals surface area contributed by atoms with E-state index in [1.807, 2.05) is 0 Å². The molecular weight excluding hydrogens is 210 g/mol. The van der Waals surface area contributed by atoms with Crippen LogP contribution in [0.15, 0.2) is 42.5 Å². The molecule has 1 aliphatic carbocycles. The van der Waals surface area contributed by atoms with Gasteiger partial charge in [-0.25, -0.2) is 0 Å². The second-order valence-electron chi connectivity index (χ2n) is 4.97. The quantitative estimate of drug-likeness (QED) is 0.841. The lowest BCUT2D eigenvalue weighted by molar-refractivity contribution is 0.229. The molecule has 0 amide bonds. The summed E-state index contributed by atoms with van der Waals surface area (Å²) in [6.07, 6.45) is 2.19. The predicted molar refractivity (Wildman–Crippen MR) is 69.8 cm³/mol. The zero-order valence-corrected chi connectivity index (χ0v) is 9.82. The molecular formula is C15H17NO. The van der Waals surface area contributed by atoms with Crippen molar-refractivity contribution in [2.45, 2.75) is 24.9 Å². The van der Waals surface area contributed by atoms with Crippen LogP contribution in [0.25, 0.3) is 10.8 Å². The van der Waals surface area contributed by atoms with E-state index in [0.717, 1.165) is 19.4 Å². The Morgan fingerprint density at radius 1 is 1.06 bits per heavy atom. The molecule has 0 saturated heterocycles. The summed E-state index contributed by atoms with van der Waals surface area (Å²) in [5.74, 6) is 0. The van der Waals surface area contributed by atoms with Gasteiger partial charge in [-0.15, -0.1) is 0 Å². The summed E-state index contributed by atoms with van der Waals surface area (Å²) in [6, 6.07) is 14.9. The molecule has 2 N–H and O–H groups in total. The largest absolute Gasteiger partial charge is 0.394 e. The molecule has 0 unspecified atom stereocenters. The van der Waals surface area contributed by atoms with Crippen molar-refractivity contribution < 1.29 is 5.11 Å². The molecule has 0 spiro atoms. The smallest absolute Gasteiger partial charge is 0.0613 e. The molecule has 0 aromatic heterocycles. The van der Waals surface area contributed by atoms with Gasteiger partial charge in [0.2, 0.25) is 0 Å². The zero-order valence-electron chi connectivity index (χ0n) is 9.82. The minimum atomic E-state index is 0.0195. The van der Waals surface area contributed by atoms with Gasteiger partial charge in [0.1, 0.15) is 0 Å². The summed E-state index contributed by atoms with van der Waals surface area (Å²) < 4.78 is 0. The summed E-state index contributed by atoms with van der Waals surface area (Å²) in [5.41, 5.74) is 1.30. The zero-order chi connectivity index (χ0) is 11.7. The van der Waals surface area contributed by atoms with Crippen LogP contribution >= 0.6 is 0 Å². The van der Waals surface area contributed by atoms with Crippen LogP contribution in [-0.4, -0.2) is 17.3 Å². The fraction of sp³-hybridized carbons (Fsp3) is 0.333. The van der Waals surface area contributed by atoms with Crippen LogP contribution in [0.3, 0.4) is 0 Å². The highest BCUT2D eigenvalue weighted by Gasteiger charge is 2.41. The number of nitrogens with one attached hydrogen (secondary N) is 1. The summed E-state index contributed by atoms with van der Waals surface area (Å²) in [4.78, 5) is 0. The first-order valence-corrected chi connectivity index (χ1v) is 6.15. The van der Waals surface area contributed by atoms with Gasteiger partial charge in [0.25, 0.3) is 0 Å². The SMILES string of the molecule is OCC1(NCc2ccc3ccccc3c2)CC1. The van der Waals surface area contributed by atoms with Crippen LogP contribution in [0.4, 0.5) is 0 Å². The molecule has 2 heteroatoms. The summed E-state index contributed by atoms with van der Waals surface area (Å²) in [7, 11) is 0. The number of hydrogen-bond donors (Lipinski definition) is 2. The molecule has 2 nitrogen and oxygen atoms in total. The van der Waals surface area contributed by atoms with Gasteiger partial charge < -0.3 is 10.4 Å². The molecule has 1 aliphatic rings. The number of fused-ring (bicyclic) bond motifs is 1. The number of benzene rings is 2. The third-order valence-electron chi connectivity index (χ3n) is 3.64. The highest BCUT2D eigenvalue weighted by Crippen LogP contribution is 2.34. The van der Waals surface area contributed by atoms with Gasteiger partial charge in [0.15, 0.2) is 0 Å². The van der Waals surface area contributed by atoms with E-state index in [1.54, 1.807) is 0 Å². The Bertz CT molecular complexity index is 531. The van der Waals surface area contributed by atoms with Crippen molar-refractivity contribution in [1.29, 1.82) is 0 Å². The topological polar surface area (TPSA) is 32.3 Å². The van der Waals surface area contributed by atoms with E-state index in [2.05, 4.69) is 47.8 Å². The van der Waals surface area contributed by atoms with Crippen LogP contribution in [0.5, 0.6) is 0 Å². The van der Waals surface area contributed by atoms with Crippen molar-refractivity contribution in [1.82, 2.24) is 5.32 Å². The molecule has 0 bridgehead atoms. The Morgan fingerprint density at radius 2 is 1.82 bits per heavy atom. The van der Waals surface area contributed by atoms with Crippen molar-refractivity contribution in [3.05, 3.63) is 48.0 Å². The Kier molecular flexibility index (Phi) is 2.61. The van der Waals surface area contributed by atoms with Crippen LogP contribution < -0.4 is 5.32 Å². The molecule has 2 aromatic carbocycles. The standard InChI is InChI=1S/C15H17NO/c17-11-15(7-8-15)16-10-12-5-6-13-3-1-2-4-14(13)9-12/h1-6,9,16-17H,7-8,10-11H2. The molecule has 1 fully saturated rings. The highest BCUT2D eigenvalue weighted by atomic mass is 16.3. The molecule has 0 atom stereocenters. The Balaban J connectivity index is 1.77. The normalized spacial score (nSPS) is 17.2. The van der Waals surface area contributed by atoms with E-state index in [4.69, 9.17) is 0 Å². The maximum absolute atomic E-state index is 9.24. The summed E-state index contributed by atoms with van der Waals surface area (Å²) in [6.45, 7) is 1.09. The molecule has 1 saturated carbocycles. The van der Waals surface area contributed by atoms with Crippen molar-refractivity contribution in [3.63, 3.8) is 0 Å². The molecule has 0 aliphatic heterocycles. The minimum Gasteiger partial charge on any atom is -0.394 e. The lowest BCUT2D eigenvalue weighted by Crippen LogP contribution is -2.34. The van der Waals surface area contributed by atoms with Gasteiger partial charge in [-0.1, -0.05) is 36.4 Å². The number of hydrogen-bond acceptors (Lipinski definition) is 2. The number of aliphatic hydroxyl groups excluding tert-OH is 1. The fourth-order valence-electron chi connectivity index (χ4n) is 2.18. The van der Waals surface area contributed by atoms with Crippen molar-refractivity contribution in [3.8, 4) is 0 Å². The van der Waals surface area contributed by atoms with Crippen LogP contribution in [-0.2, 0) is 6.54 Å². The monoisotopic (exact) mass is 227 g/mol. The lowest BCUT2D eigenvalue weighted by Gasteiger charge is -2.14. The maximum atomic E-state index is 9.24. The fourth-order valence-corrected chi connectivity index (χ4v) is 2.18. The van der Waals surface area contributed by atoms with E-state index in [1.165, 1.54) is 16.3 Å². The minimum absolute atomic E-state index is 0.0195. The van der Waals surface area contributed by atoms with Gasteiger partial charge in [-0.2, -0.15) is 0 Å². The summed E-state index contributed by atoms with van der Waals surface area (Å²) >= 11 is 0. The first-order chi connectivity index (χ1) is 8.31. The average Bonchev–Trinajstić information content (AvgIpc) is 3.17. The van der Waals surface area contributed by atoms with E-state index >= 15 is 0 Å². The first-order valence-electron chi connectivity index (χ1n) is 6.15. The third kappa shape index (κ3) is 2.19. The third-order valence-corrected chi connectivity index (χ3v) is 3.64. The maximum Gasteiger partial charge on any atom is 0.0613 e. The predicted octanol–water partition coefficient (Wildman–Crippen LogP) is 2.45. The Hall–Kier alpha value is -1.38. The number of rotatable bonds is 4. The van der Waals surface area contributed by atoms with Crippen LogP contribution in [0.1, 0.15) is 18.4 Å². The molecule has 0 heterocycles. The Labute approximate surface area is 101 Å². The van der Waals surface area contributed by atoms with Gasteiger partial charge in [0, 0.05) is 12.1 Å². The molecule has 88 valence electrons. The summed E-state index contributed by atoms with van der Waals surface area (Å²) in [5, 5.41) is 15.3. The first kappa shape index (κ1) is 10.8. The number of aliphatic hydroxyl groups is 1. The van der Waals surface area contributed by atoms with E-state index in [-0.39, 0.29) is 12.1 Å². The molecule has 2 aromatic rings. The second-order valence-corrected chi connectivity index (χ2v) is 4.97. The van der Waals surface area contributed by atoms with Gasteiger partial charge in [-0.05, 0) is 35.2 Å². The van der Waals surface area contributed by atoms with E-state index in [0.29, 0.717) is 0 Å². The van der Waals surface area contributed by atoms with Crippen molar-refractivity contribution in [2.75, 3.05) is 6.61 Å². The van der Waals surface area contributed by atoms with Crippen molar-refractivity contribution >= 4 is 10.8 Å². The van der Waals surface area contributed by atoms with Crippen LogP contribution in [0.2, 0.25) is 0 Å². The van der Waals surface area contributed by atoms with E-state index < -0.39 is 0 Å². The highest BCUT2D eigenvalue weighted by molar-refractivity contribution is 5.82. The van der Waals surface area contributed by atoms with Gasteiger partial charge >= 0.3 is 0 Å². The Morgan fingerprint density at radius 3 is 2.53 bits per heavy atom. The molecule has 17 heavy (non-hydrogen) atoms. The molecule has 0 radical (unpaired) electrons. The van der Waals surface area contributed by atoms with Crippen LogP contribution in [0, 0.1) is 0 Å². The van der Waals surface area contributed by atoms with Gasteiger partial charge in [0.05, 0.1) is 6.61 Å². The van der Waals surface area contributed by atoms with Crippen molar-refractivity contribution in [2.24, 2.45) is 0 Å². The van der Waals surface area contributed by atoms with E-state index in [9.17, 15) is 5.11 Å². The molecule has 3 rings (SSSR count). The average molecular weight is 227 g/mol. The second kappa shape index (κ2) is 4.13. The van der Waals surface area contributed by atoms with Gasteiger partial charge in [-0.3, -0.25) is 0 Å². The lowest BCUT2D eigenvalue weighted by atomic mass is 10.1.